The van der Waals surface area contributed by atoms with Crippen molar-refractivity contribution < 1.29 is 9.18 Å². The average molecular weight is 464 g/mol. The van der Waals surface area contributed by atoms with E-state index in [0.29, 0.717) is 22.7 Å². The lowest BCUT2D eigenvalue weighted by molar-refractivity contribution is -0.106. The summed E-state index contributed by atoms with van der Waals surface area (Å²) in [4.78, 5) is 8.58. The zero-order chi connectivity index (χ0) is 24.4. The number of carbonyl (C=O) groups is 1. The van der Waals surface area contributed by atoms with Crippen LogP contribution >= 0.6 is 11.6 Å². The second-order valence-electron chi connectivity index (χ2n) is 7.08. The van der Waals surface area contributed by atoms with Gasteiger partial charge in [-0.15, -0.1) is 0 Å². The van der Waals surface area contributed by atoms with Crippen molar-refractivity contribution in [2.75, 3.05) is 5.73 Å². The number of allylic oxidation sites excluding steroid dienone is 2. The molecule has 33 heavy (non-hydrogen) atoms. The van der Waals surface area contributed by atoms with Crippen LogP contribution in [0.15, 0.2) is 66.7 Å². The fourth-order valence-electron chi connectivity index (χ4n) is 3.56. The first kappa shape index (κ1) is 25.6. The maximum absolute atomic E-state index is 13.7. The van der Waals surface area contributed by atoms with Crippen molar-refractivity contribution in [2.45, 2.75) is 20.3 Å². The number of halogens is 2. The van der Waals surface area contributed by atoms with E-state index in [9.17, 15) is 4.39 Å². The molecule has 0 fully saturated rings. The van der Waals surface area contributed by atoms with Gasteiger partial charge in [-0.3, -0.25) is 4.79 Å². The maximum atomic E-state index is 13.7. The van der Waals surface area contributed by atoms with Crippen LogP contribution in [-0.2, 0) is 4.79 Å². The second kappa shape index (κ2) is 12.4. The molecular weight excluding hydrogens is 437 g/mol. The van der Waals surface area contributed by atoms with Gasteiger partial charge in [0.1, 0.15) is 5.82 Å². The Morgan fingerprint density at radius 1 is 1.06 bits per heavy atom. The third-order valence-electron chi connectivity index (χ3n) is 5.00. The molecule has 3 aromatic carbocycles. The fourth-order valence-corrected chi connectivity index (χ4v) is 3.84. The first-order valence-electron chi connectivity index (χ1n) is 10.4. The van der Waals surface area contributed by atoms with Crippen molar-refractivity contribution in [3.05, 3.63) is 105 Å². The van der Waals surface area contributed by atoms with E-state index in [-0.39, 0.29) is 12.2 Å². The van der Waals surface area contributed by atoms with Gasteiger partial charge in [-0.25, -0.2) is 4.39 Å². The van der Waals surface area contributed by atoms with Gasteiger partial charge >= 0.3 is 0 Å². The summed E-state index contributed by atoms with van der Waals surface area (Å²) in [5.41, 5.74) is 17.2. The SMILES string of the molecule is C/C=C/c1ccc(/C(=C(/CC)c2ccc(F)cc2Cl)c2ccc(N)c(C=N)c2)cc1.NC=O. The molecule has 1 amide bonds. The van der Waals surface area contributed by atoms with Crippen LogP contribution in [0.2, 0.25) is 5.02 Å². The molecule has 0 bridgehead atoms. The summed E-state index contributed by atoms with van der Waals surface area (Å²) in [7, 11) is 0. The fraction of sp³-hybridized carbons (Fsp3) is 0.111. The molecule has 0 aliphatic rings. The van der Waals surface area contributed by atoms with Crippen molar-refractivity contribution in [3.8, 4) is 0 Å². The number of rotatable bonds is 6. The predicted octanol–water partition coefficient (Wildman–Crippen LogP) is 6.56. The Kier molecular flexibility index (Phi) is 9.58. The van der Waals surface area contributed by atoms with Crippen molar-refractivity contribution >= 4 is 47.1 Å². The lowest BCUT2D eigenvalue weighted by atomic mass is 9.87. The van der Waals surface area contributed by atoms with Gasteiger partial charge in [-0.2, -0.15) is 0 Å². The minimum atomic E-state index is -0.366. The van der Waals surface area contributed by atoms with Gasteiger partial charge < -0.3 is 16.9 Å². The molecule has 0 aliphatic heterocycles. The summed E-state index contributed by atoms with van der Waals surface area (Å²) < 4.78 is 13.7. The lowest BCUT2D eigenvalue weighted by Gasteiger charge is -2.18. The first-order valence-corrected chi connectivity index (χ1v) is 10.7. The van der Waals surface area contributed by atoms with Gasteiger partial charge in [0.25, 0.3) is 0 Å². The number of anilines is 1. The van der Waals surface area contributed by atoms with Crippen LogP contribution in [0.3, 0.4) is 0 Å². The molecule has 0 saturated heterocycles. The highest BCUT2D eigenvalue weighted by Crippen LogP contribution is 2.38. The highest BCUT2D eigenvalue weighted by Gasteiger charge is 2.16. The number of hydrogen-bond donors (Lipinski definition) is 3. The molecule has 0 unspecified atom stereocenters. The van der Waals surface area contributed by atoms with E-state index >= 15 is 0 Å². The van der Waals surface area contributed by atoms with Crippen LogP contribution in [0.4, 0.5) is 10.1 Å². The van der Waals surface area contributed by atoms with E-state index in [1.165, 1.54) is 18.3 Å². The van der Waals surface area contributed by atoms with E-state index in [0.717, 1.165) is 33.4 Å². The van der Waals surface area contributed by atoms with Crippen LogP contribution in [0.1, 0.15) is 48.1 Å². The number of nitrogens with two attached hydrogens (primary N) is 2. The number of hydrogen-bond acceptors (Lipinski definition) is 3. The molecule has 0 radical (unpaired) electrons. The summed E-state index contributed by atoms with van der Waals surface area (Å²) in [5.74, 6) is -0.366. The minimum absolute atomic E-state index is 0.250. The molecule has 0 heterocycles. The lowest BCUT2D eigenvalue weighted by Crippen LogP contribution is -1.99. The molecule has 4 nitrogen and oxygen atoms in total. The summed E-state index contributed by atoms with van der Waals surface area (Å²) in [6.07, 6.45) is 6.24. The van der Waals surface area contributed by atoms with Crippen LogP contribution < -0.4 is 11.5 Å². The molecule has 0 atom stereocenters. The third-order valence-corrected chi connectivity index (χ3v) is 5.31. The average Bonchev–Trinajstić information content (AvgIpc) is 2.80. The predicted molar refractivity (Wildman–Crippen MR) is 138 cm³/mol. The number of amides is 1. The Morgan fingerprint density at radius 3 is 2.24 bits per heavy atom. The zero-order valence-electron chi connectivity index (χ0n) is 18.6. The van der Waals surface area contributed by atoms with Gasteiger partial charge in [0, 0.05) is 17.5 Å². The van der Waals surface area contributed by atoms with Crippen molar-refractivity contribution in [2.24, 2.45) is 5.73 Å². The van der Waals surface area contributed by atoms with Crippen LogP contribution in [0.5, 0.6) is 0 Å². The van der Waals surface area contributed by atoms with Gasteiger partial charge in [-0.05, 0) is 71.0 Å². The Morgan fingerprint density at radius 2 is 1.70 bits per heavy atom. The van der Waals surface area contributed by atoms with E-state index in [1.807, 2.05) is 37.3 Å². The molecule has 170 valence electrons. The summed E-state index contributed by atoms with van der Waals surface area (Å²) in [6, 6.07) is 18.4. The Bertz CT molecular complexity index is 1180. The van der Waals surface area contributed by atoms with Crippen molar-refractivity contribution in [3.63, 3.8) is 0 Å². The number of benzene rings is 3. The Labute approximate surface area is 198 Å². The topological polar surface area (TPSA) is 93.0 Å². The second-order valence-corrected chi connectivity index (χ2v) is 7.48. The molecule has 3 rings (SSSR count). The van der Waals surface area contributed by atoms with E-state index in [2.05, 4.69) is 36.9 Å². The van der Waals surface area contributed by atoms with Gasteiger partial charge in [-0.1, -0.05) is 67.1 Å². The largest absolute Gasteiger partial charge is 0.398 e. The van der Waals surface area contributed by atoms with Gasteiger partial charge in [0.05, 0.1) is 5.02 Å². The van der Waals surface area contributed by atoms with E-state index < -0.39 is 0 Å². The van der Waals surface area contributed by atoms with Crippen LogP contribution in [0, 0.1) is 11.2 Å². The summed E-state index contributed by atoms with van der Waals surface area (Å²) >= 11 is 6.43. The molecule has 3 aromatic rings. The molecule has 0 spiro atoms. The number of nitrogens with one attached hydrogen (secondary N) is 1. The summed E-state index contributed by atoms with van der Waals surface area (Å²) in [6.45, 7) is 4.04. The zero-order valence-corrected chi connectivity index (χ0v) is 19.4. The number of carbonyl (C=O) groups excluding carboxylic acids is 1. The molecule has 5 N–H and O–H groups in total. The van der Waals surface area contributed by atoms with Crippen molar-refractivity contribution in [1.29, 1.82) is 5.41 Å². The molecule has 0 saturated carbocycles. The normalized spacial score (nSPS) is 11.4. The third kappa shape index (κ3) is 6.40. The van der Waals surface area contributed by atoms with Crippen LogP contribution in [0.25, 0.3) is 17.2 Å². The number of primary amides is 1. The Balaban J connectivity index is 0.00000122. The standard InChI is InChI=1S/C26H24ClFN2.CH3NO/c1-3-5-17-6-8-18(9-7-17)26(19-10-13-25(30)20(14-19)16-29)22(4-2)23-12-11-21(28)15-24(23)27;2-1-3/h3,5-16,29H,4,30H2,1-2H3;1H,(H2,2,3)/b5-3+,26-22+,29-16?;. The Hall–Kier alpha value is -3.70. The molecule has 0 aliphatic carbocycles. The highest BCUT2D eigenvalue weighted by molar-refractivity contribution is 6.32. The summed E-state index contributed by atoms with van der Waals surface area (Å²) in [5, 5.41) is 8.06. The van der Waals surface area contributed by atoms with Gasteiger partial charge in [0.15, 0.2) is 0 Å². The van der Waals surface area contributed by atoms with Crippen LogP contribution in [-0.4, -0.2) is 12.6 Å². The van der Waals surface area contributed by atoms with E-state index in [1.54, 1.807) is 6.07 Å². The quantitative estimate of drug-likeness (QED) is 0.167. The minimum Gasteiger partial charge on any atom is -0.398 e. The maximum Gasteiger partial charge on any atom is 0.204 e. The van der Waals surface area contributed by atoms with Crippen molar-refractivity contribution in [1.82, 2.24) is 0 Å². The smallest absolute Gasteiger partial charge is 0.204 e. The monoisotopic (exact) mass is 463 g/mol. The number of nitrogen functional groups attached to an aromatic ring is 1. The molecular formula is C27H27ClFN3O. The molecule has 0 aromatic heterocycles. The molecule has 6 heteroatoms. The highest BCUT2D eigenvalue weighted by atomic mass is 35.5. The van der Waals surface area contributed by atoms with E-state index in [4.69, 9.17) is 27.5 Å². The first-order chi connectivity index (χ1) is 15.9. The van der Waals surface area contributed by atoms with Gasteiger partial charge in [0.2, 0.25) is 6.41 Å².